The number of thiophene rings is 1. The molecular formula is C14H13NOS. The number of nitrogens with one attached hydrogen (secondary N) is 1. The van der Waals surface area contributed by atoms with Gasteiger partial charge in [-0.05, 0) is 36.1 Å². The molecule has 0 saturated carbocycles. The van der Waals surface area contributed by atoms with Crippen LogP contribution in [-0.4, -0.2) is 5.91 Å². The second-order valence-electron chi connectivity index (χ2n) is 3.65. The van der Waals surface area contributed by atoms with Crippen LogP contribution in [0.3, 0.4) is 0 Å². The third kappa shape index (κ3) is 3.29. The van der Waals surface area contributed by atoms with Gasteiger partial charge in [-0.15, -0.1) is 11.3 Å². The van der Waals surface area contributed by atoms with Crippen molar-refractivity contribution in [2.45, 2.75) is 6.92 Å². The van der Waals surface area contributed by atoms with Crippen LogP contribution in [0.1, 0.15) is 10.4 Å². The minimum atomic E-state index is -0.104. The van der Waals surface area contributed by atoms with E-state index in [0.29, 0.717) is 0 Å². The first-order valence-corrected chi connectivity index (χ1v) is 6.22. The summed E-state index contributed by atoms with van der Waals surface area (Å²) in [4.78, 5) is 12.7. The highest BCUT2D eigenvalue weighted by Crippen LogP contribution is 2.14. The molecule has 0 bridgehead atoms. The quantitative estimate of drug-likeness (QED) is 0.818. The minimum Gasteiger partial charge on any atom is -0.322 e. The molecule has 1 aromatic heterocycles. The molecule has 2 rings (SSSR count). The third-order valence-corrected chi connectivity index (χ3v) is 3.18. The van der Waals surface area contributed by atoms with Gasteiger partial charge in [0, 0.05) is 16.6 Å². The molecule has 1 heterocycles. The Bertz CT molecular complexity index is 529. The maximum Gasteiger partial charge on any atom is 0.248 e. The van der Waals surface area contributed by atoms with Gasteiger partial charge in [0.05, 0.1) is 0 Å². The normalized spacial score (nSPS) is 10.6. The van der Waals surface area contributed by atoms with Gasteiger partial charge in [-0.3, -0.25) is 4.79 Å². The number of rotatable bonds is 3. The zero-order valence-electron chi connectivity index (χ0n) is 9.51. The van der Waals surface area contributed by atoms with Gasteiger partial charge in [-0.2, -0.15) is 0 Å². The lowest BCUT2D eigenvalue weighted by Crippen LogP contribution is -2.08. The van der Waals surface area contributed by atoms with Crippen molar-refractivity contribution in [1.29, 1.82) is 0 Å². The first-order chi connectivity index (χ1) is 8.25. The fourth-order valence-electron chi connectivity index (χ4n) is 1.43. The molecular weight excluding hydrogens is 230 g/mol. The Balaban J connectivity index is 2.01. The molecule has 2 nitrogen and oxygen atoms in total. The molecule has 1 N–H and O–H groups in total. The van der Waals surface area contributed by atoms with Crippen LogP contribution in [0.5, 0.6) is 0 Å². The van der Waals surface area contributed by atoms with Gasteiger partial charge in [0.25, 0.3) is 0 Å². The fraction of sp³-hybridized carbons (Fsp3) is 0.0714. The molecule has 0 radical (unpaired) electrons. The predicted molar refractivity (Wildman–Crippen MR) is 73.2 cm³/mol. The molecule has 1 aromatic carbocycles. The van der Waals surface area contributed by atoms with Crippen molar-refractivity contribution < 1.29 is 4.79 Å². The van der Waals surface area contributed by atoms with Crippen molar-refractivity contribution in [3.63, 3.8) is 0 Å². The van der Waals surface area contributed by atoms with Crippen molar-refractivity contribution in [3.05, 3.63) is 58.3 Å². The molecule has 0 saturated heterocycles. The number of carbonyl (C=O) groups excluding carboxylic acids is 1. The van der Waals surface area contributed by atoms with E-state index in [1.165, 1.54) is 0 Å². The maximum absolute atomic E-state index is 11.7. The highest BCUT2D eigenvalue weighted by Gasteiger charge is 1.99. The summed E-state index contributed by atoms with van der Waals surface area (Å²) in [6.45, 7) is 1.97. The van der Waals surface area contributed by atoms with Crippen molar-refractivity contribution in [1.82, 2.24) is 0 Å². The van der Waals surface area contributed by atoms with Gasteiger partial charge in [-0.25, -0.2) is 0 Å². The average Bonchev–Trinajstić information content (AvgIpc) is 2.82. The third-order valence-electron chi connectivity index (χ3n) is 2.35. The Morgan fingerprint density at radius 3 is 2.76 bits per heavy atom. The second kappa shape index (κ2) is 5.46. The summed E-state index contributed by atoms with van der Waals surface area (Å²) in [5, 5.41) is 4.84. The largest absolute Gasteiger partial charge is 0.322 e. The van der Waals surface area contributed by atoms with Crippen LogP contribution in [0, 0.1) is 6.92 Å². The lowest BCUT2D eigenvalue weighted by atomic mass is 10.2. The number of amides is 1. The zero-order chi connectivity index (χ0) is 12.1. The molecule has 86 valence electrons. The van der Waals surface area contributed by atoms with Crippen LogP contribution in [0.2, 0.25) is 0 Å². The number of hydrogen-bond acceptors (Lipinski definition) is 2. The number of aryl methyl sites for hydroxylation is 1. The predicted octanol–water partition coefficient (Wildman–Crippen LogP) is 3.71. The van der Waals surface area contributed by atoms with Crippen LogP contribution in [-0.2, 0) is 4.79 Å². The first-order valence-electron chi connectivity index (χ1n) is 5.34. The first kappa shape index (κ1) is 11.6. The molecule has 17 heavy (non-hydrogen) atoms. The number of benzene rings is 1. The van der Waals surface area contributed by atoms with E-state index in [-0.39, 0.29) is 5.91 Å². The monoisotopic (exact) mass is 243 g/mol. The summed E-state index contributed by atoms with van der Waals surface area (Å²) in [7, 11) is 0. The van der Waals surface area contributed by atoms with Gasteiger partial charge in [-0.1, -0.05) is 24.3 Å². The van der Waals surface area contributed by atoms with Crippen LogP contribution in [0.15, 0.2) is 47.9 Å². The lowest BCUT2D eigenvalue weighted by Gasteiger charge is -2.04. The van der Waals surface area contributed by atoms with Gasteiger partial charge >= 0.3 is 0 Å². The van der Waals surface area contributed by atoms with E-state index in [1.807, 2.05) is 54.8 Å². The summed E-state index contributed by atoms with van der Waals surface area (Å²) < 4.78 is 0. The average molecular weight is 243 g/mol. The molecule has 0 fully saturated rings. The Morgan fingerprint density at radius 2 is 2.06 bits per heavy atom. The van der Waals surface area contributed by atoms with Crippen LogP contribution < -0.4 is 5.32 Å². The van der Waals surface area contributed by atoms with Crippen molar-refractivity contribution in [2.24, 2.45) is 0 Å². The number of para-hydroxylation sites is 1. The second-order valence-corrected chi connectivity index (χ2v) is 4.63. The van der Waals surface area contributed by atoms with Crippen LogP contribution in [0.4, 0.5) is 5.69 Å². The molecule has 0 atom stereocenters. The van der Waals surface area contributed by atoms with Gasteiger partial charge in [0.1, 0.15) is 0 Å². The summed E-state index contributed by atoms with van der Waals surface area (Å²) >= 11 is 1.61. The topological polar surface area (TPSA) is 29.1 Å². The van der Waals surface area contributed by atoms with E-state index in [9.17, 15) is 4.79 Å². The van der Waals surface area contributed by atoms with E-state index in [1.54, 1.807) is 17.4 Å². The van der Waals surface area contributed by atoms with E-state index in [4.69, 9.17) is 0 Å². The van der Waals surface area contributed by atoms with Crippen molar-refractivity contribution in [2.75, 3.05) is 5.32 Å². The molecule has 0 aliphatic rings. The number of carbonyl (C=O) groups is 1. The van der Waals surface area contributed by atoms with Crippen molar-refractivity contribution in [3.8, 4) is 0 Å². The maximum atomic E-state index is 11.7. The highest BCUT2D eigenvalue weighted by atomic mass is 32.1. The number of anilines is 1. The Kier molecular flexibility index (Phi) is 3.73. The van der Waals surface area contributed by atoms with Gasteiger partial charge in [0.2, 0.25) is 5.91 Å². The summed E-state index contributed by atoms with van der Waals surface area (Å²) in [5.41, 5.74) is 1.92. The van der Waals surface area contributed by atoms with Gasteiger partial charge in [0.15, 0.2) is 0 Å². The van der Waals surface area contributed by atoms with Gasteiger partial charge < -0.3 is 5.32 Å². The molecule has 0 unspecified atom stereocenters. The Hall–Kier alpha value is -1.87. The minimum absolute atomic E-state index is 0.104. The molecule has 0 spiro atoms. The van der Waals surface area contributed by atoms with Crippen LogP contribution >= 0.6 is 11.3 Å². The zero-order valence-corrected chi connectivity index (χ0v) is 10.3. The van der Waals surface area contributed by atoms with Crippen LogP contribution in [0.25, 0.3) is 6.08 Å². The molecule has 3 heteroatoms. The molecule has 0 aliphatic carbocycles. The van der Waals surface area contributed by atoms with Crippen molar-refractivity contribution >= 4 is 29.0 Å². The van der Waals surface area contributed by atoms with E-state index >= 15 is 0 Å². The highest BCUT2D eigenvalue weighted by molar-refractivity contribution is 7.10. The SMILES string of the molecule is Cc1ccccc1NC(=O)/C=C/c1cccs1. The standard InChI is InChI=1S/C14H13NOS/c1-11-5-2-3-7-13(11)15-14(16)9-8-12-6-4-10-17-12/h2-10H,1H3,(H,15,16)/b9-8+. The van der Waals surface area contributed by atoms with E-state index in [0.717, 1.165) is 16.1 Å². The summed E-state index contributed by atoms with van der Waals surface area (Å²) in [5.74, 6) is -0.104. The fourth-order valence-corrected chi connectivity index (χ4v) is 2.05. The Morgan fingerprint density at radius 1 is 1.24 bits per heavy atom. The van der Waals surface area contributed by atoms with E-state index < -0.39 is 0 Å². The summed E-state index contributed by atoms with van der Waals surface area (Å²) in [6.07, 6.45) is 3.37. The smallest absolute Gasteiger partial charge is 0.248 e. The molecule has 2 aromatic rings. The number of hydrogen-bond donors (Lipinski definition) is 1. The summed E-state index contributed by atoms with van der Waals surface area (Å²) in [6, 6.07) is 11.7. The molecule has 1 amide bonds. The lowest BCUT2D eigenvalue weighted by molar-refractivity contribution is -0.111. The Labute approximate surface area is 105 Å². The molecule has 0 aliphatic heterocycles. The van der Waals surface area contributed by atoms with E-state index in [2.05, 4.69) is 5.32 Å².